The molecule has 0 aromatic heterocycles. The Labute approximate surface area is 123 Å². The normalized spacial score (nSPS) is 18.5. The summed E-state index contributed by atoms with van der Waals surface area (Å²) in [6.07, 6.45) is 2.60. The number of benzene rings is 1. The van der Waals surface area contributed by atoms with Gasteiger partial charge in [0.25, 0.3) is 0 Å². The molecule has 1 fully saturated rings. The third-order valence-electron chi connectivity index (χ3n) is 3.53. The van der Waals surface area contributed by atoms with E-state index < -0.39 is 0 Å². The van der Waals surface area contributed by atoms with Crippen molar-refractivity contribution in [2.24, 2.45) is 0 Å². The molecule has 1 saturated heterocycles. The molecule has 3 nitrogen and oxygen atoms in total. The number of carbonyl (C=O) groups excluding carboxylic acids is 1. The van der Waals surface area contributed by atoms with Crippen LogP contribution in [0.2, 0.25) is 0 Å². The average molecular weight is 325 g/mol. The van der Waals surface area contributed by atoms with Gasteiger partial charge in [-0.25, -0.2) is 0 Å². The van der Waals surface area contributed by atoms with Gasteiger partial charge in [0, 0.05) is 23.6 Å². The number of halogens is 1. The molecule has 1 heterocycles. The second-order valence-corrected chi connectivity index (χ2v) is 5.95. The lowest BCUT2D eigenvalue weighted by Crippen LogP contribution is -2.42. The summed E-state index contributed by atoms with van der Waals surface area (Å²) in [5, 5.41) is 3.34. The number of hydrogen-bond acceptors (Lipinski definition) is 2. The number of hydrogen-bond donors (Lipinski definition) is 1. The molecule has 1 aromatic rings. The highest BCUT2D eigenvalue weighted by Gasteiger charge is 2.25. The molecule has 1 amide bonds. The van der Waals surface area contributed by atoms with Gasteiger partial charge in [0.1, 0.15) is 0 Å². The van der Waals surface area contributed by atoms with Crippen molar-refractivity contribution in [1.29, 1.82) is 0 Å². The summed E-state index contributed by atoms with van der Waals surface area (Å²) in [5.74, 6) is 0.248. The molecule has 0 bridgehead atoms. The van der Waals surface area contributed by atoms with Gasteiger partial charge in [-0.2, -0.15) is 0 Å². The highest BCUT2D eigenvalue weighted by molar-refractivity contribution is 9.10. The monoisotopic (exact) mass is 324 g/mol. The van der Waals surface area contributed by atoms with E-state index in [1.165, 1.54) is 0 Å². The van der Waals surface area contributed by atoms with Crippen LogP contribution in [-0.4, -0.2) is 36.5 Å². The first-order valence-corrected chi connectivity index (χ1v) is 7.74. The molecule has 19 heavy (non-hydrogen) atoms. The second-order valence-electron chi connectivity index (χ2n) is 5.04. The molecule has 0 aliphatic carbocycles. The van der Waals surface area contributed by atoms with Crippen LogP contribution in [-0.2, 0) is 11.2 Å². The number of carbonyl (C=O) groups is 1. The van der Waals surface area contributed by atoms with Crippen molar-refractivity contribution in [2.45, 2.75) is 32.2 Å². The number of amides is 1. The Morgan fingerprint density at radius 2 is 2.16 bits per heavy atom. The molecule has 104 valence electrons. The molecule has 1 unspecified atom stereocenters. The summed E-state index contributed by atoms with van der Waals surface area (Å²) in [6.45, 7) is 4.95. The van der Waals surface area contributed by atoms with Gasteiger partial charge in [0.15, 0.2) is 0 Å². The predicted molar refractivity (Wildman–Crippen MR) is 81.1 cm³/mol. The SMILES string of the molecule is CCCN(C(=O)Cc1ccc(Br)cc1)C1CCNC1. The molecule has 0 radical (unpaired) electrons. The van der Waals surface area contributed by atoms with Gasteiger partial charge in [-0.3, -0.25) is 4.79 Å². The van der Waals surface area contributed by atoms with Crippen molar-refractivity contribution >= 4 is 21.8 Å². The first-order chi connectivity index (χ1) is 9.20. The van der Waals surface area contributed by atoms with Crippen LogP contribution in [0, 0.1) is 0 Å². The number of nitrogens with zero attached hydrogens (tertiary/aromatic N) is 1. The third kappa shape index (κ3) is 4.05. The molecule has 0 spiro atoms. The van der Waals surface area contributed by atoms with Crippen molar-refractivity contribution in [1.82, 2.24) is 10.2 Å². The fourth-order valence-electron chi connectivity index (χ4n) is 2.54. The van der Waals surface area contributed by atoms with Gasteiger partial charge in [0.05, 0.1) is 6.42 Å². The van der Waals surface area contributed by atoms with Crippen molar-refractivity contribution < 1.29 is 4.79 Å². The van der Waals surface area contributed by atoms with Crippen LogP contribution in [0.1, 0.15) is 25.3 Å². The van der Waals surface area contributed by atoms with Crippen LogP contribution in [0.3, 0.4) is 0 Å². The zero-order chi connectivity index (χ0) is 13.7. The van der Waals surface area contributed by atoms with Gasteiger partial charge in [-0.1, -0.05) is 35.0 Å². The van der Waals surface area contributed by atoms with Gasteiger partial charge in [-0.05, 0) is 37.1 Å². The number of rotatable bonds is 5. The summed E-state index contributed by atoms with van der Waals surface area (Å²) in [5.41, 5.74) is 1.08. The Morgan fingerprint density at radius 3 is 2.74 bits per heavy atom. The Balaban J connectivity index is 2.00. The van der Waals surface area contributed by atoms with Crippen LogP contribution in [0.5, 0.6) is 0 Å². The summed E-state index contributed by atoms with van der Waals surface area (Å²) in [7, 11) is 0. The molecule has 4 heteroatoms. The molecule has 1 aliphatic rings. The van der Waals surface area contributed by atoms with E-state index >= 15 is 0 Å². The minimum absolute atomic E-state index is 0.248. The van der Waals surface area contributed by atoms with E-state index in [2.05, 4.69) is 33.1 Å². The summed E-state index contributed by atoms with van der Waals surface area (Å²) >= 11 is 3.42. The maximum atomic E-state index is 12.5. The lowest BCUT2D eigenvalue weighted by Gasteiger charge is -2.28. The van der Waals surface area contributed by atoms with E-state index in [9.17, 15) is 4.79 Å². The third-order valence-corrected chi connectivity index (χ3v) is 4.06. The molecule has 1 aliphatic heterocycles. The van der Waals surface area contributed by atoms with Crippen LogP contribution in [0.25, 0.3) is 0 Å². The van der Waals surface area contributed by atoms with E-state index in [-0.39, 0.29) is 5.91 Å². The lowest BCUT2D eigenvalue weighted by atomic mass is 10.1. The molecule has 1 N–H and O–H groups in total. The standard InChI is InChI=1S/C15H21BrN2O/c1-2-9-18(14-7-8-17-11-14)15(19)10-12-3-5-13(16)6-4-12/h3-6,14,17H,2,7-11H2,1H3. The quantitative estimate of drug-likeness (QED) is 0.902. The van der Waals surface area contributed by atoms with Crippen LogP contribution in [0.4, 0.5) is 0 Å². The number of nitrogens with one attached hydrogen (secondary N) is 1. The Bertz CT molecular complexity index is 413. The second kappa shape index (κ2) is 7.06. The summed E-state index contributed by atoms with van der Waals surface area (Å²) in [4.78, 5) is 14.5. The average Bonchev–Trinajstić information content (AvgIpc) is 2.92. The van der Waals surface area contributed by atoms with Crippen molar-refractivity contribution in [3.05, 3.63) is 34.3 Å². The minimum Gasteiger partial charge on any atom is -0.338 e. The Kier molecular flexibility index (Phi) is 5.40. The maximum absolute atomic E-state index is 12.5. The molecule has 0 saturated carbocycles. The molecular formula is C15H21BrN2O. The fourth-order valence-corrected chi connectivity index (χ4v) is 2.80. The highest BCUT2D eigenvalue weighted by Crippen LogP contribution is 2.14. The minimum atomic E-state index is 0.248. The largest absolute Gasteiger partial charge is 0.338 e. The van der Waals surface area contributed by atoms with E-state index in [4.69, 9.17) is 0 Å². The van der Waals surface area contributed by atoms with E-state index in [0.717, 1.165) is 42.5 Å². The molecule has 1 aromatic carbocycles. The predicted octanol–water partition coefficient (Wildman–Crippen LogP) is 2.59. The van der Waals surface area contributed by atoms with Crippen molar-refractivity contribution in [3.63, 3.8) is 0 Å². The van der Waals surface area contributed by atoms with Crippen LogP contribution < -0.4 is 5.32 Å². The Hall–Kier alpha value is -0.870. The zero-order valence-corrected chi connectivity index (χ0v) is 12.9. The van der Waals surface area contributed by atoms with Crippen LogP contribution in [0.15, 0.2) is 28.7 Å². The van der Waals surface area contributed by atoms with Crippen LogP contribution >= 0.6 is 15.9 Å². The first-order valence-electron chi connectivity index (χ1n) is 6.95. The fraction of sp³-hybridized carbons (Fsp3) is 0.533. The van der Waals surface area contributed by atoms with Gasteiger partial charge < -0.3 is 10.2 Å². The Morgan fingerprint density at radius 1 is 1.42 bits per heavy atom. The topological polar surface area (TPSA) is 32.3 Å². The van der Waals surface area contributed by atoms with E-state index in [1.807, 2.05) is 24.3 Å². The molecule has 2 rings (SSSR count). The van der Waals surface area contributed by atoms with E-state index in [1.54, 1.807) is 0 Å². The molecular weight excluding hydrogens is 304 g/mol. The van der Waals surface area contributed by atoms with Crippen molar-refractivity contribution in [3.8, 4) is 0 Å². The highest BCUT2D eigenvalue weighted by atomic mass is 79.9. The summed E-state index contributed by atoms with van der Waals surface area (Å²) in [6, 6.07) is 8.38. The smallest absolute Gasteiger partial charge is 0.227 e. The van der Waals surface area contributed by atoms with Gasteiger partial charge in [-0.15, -0.1) is 0 Å². The first kappa shape index (κ1) is 14.5. The van der Waals surface area contributed by atoms with Crippen molar-refractivity contribution in [2.75, 3.05) is 19.6 Å². The molecule has 1 atom stereocenters. The van der Waals surface area contributed by atoms with Gasteiger partial charge in [0.2, 0.25) is 5.91 Å². The zero-order valence-electron chi connectivity index (χ0n) is 11.4. The lowest BCUT2D eigenvalue weighted by molar-refractivity contribution is -0.132. The van der Waals surface area contributed by atoms with E-state index in [0.29, 0.717) is 12.5 Å². The van der Waals surface area contributed by atoms with Gasteiger partial charge >= 0.3 is 0 Å². The maximum Gasteiger partial charge on any atom is 0.227 e. The summed E-state index contributed by atoms with van der Waals surface area (Å²) < 4.78 is 1.05.